The van der Waals surface area contributed by atoms with E-state index in [1.165, 1.54) is 99.0 Å². The minimum atomic E-state index is 1.13. The maximum absolute atomic E-state index is 2.42. The number of benzene rings is 11. The number of aromatic nitrogens is 1. The maximum Gasteiger partial charge on any atom is 0.0542 e. The van der Waals surface area contributed by atoms with Crippen molar-refractivity contribution in [2.45, 2.75) is 13.8 Å². The molecule has 0 spiro atoms. The first kappa shape index (κ1) is 39.2. The monoisotopic (exact) mass is 842 g/mol. The molecule has 0 amide bonds. The third-order valence-electron chi connectivity index (χ3n) is 13.3. The van der Waals surface area contributed by atoms with Crippen LogP contribution in [-0.4, -0.2) is 4.57 Å². The van der Waals surface area contributed by atoms with Gasteiger partial charge in [-0.1, -0.05) is 182 Å². The minimum Gasteiger partial charge on any atom is -0.310 e. The smallest absolute Gasteiger partial charge is 0.0542 e. The van der Waals surface area contributed by atoms with Gasteiger partial charge in [0, 0.05) is 33.5 Å². The van der Waals surface area contributed by atoms with E-state index >= 15 is 0 Å². The second kappa shape index (κ2) is 16.3. The molecule has 66 heavy (non-hydrogen) atoms. The Morgan fingerprint density at radius 3 is 1.17 bits per heavy atom. The van der Waals surface area contributed by atoms with Crippen molar-refractivity contribution in [3.63, 3.8) is 0 Å². The predicted octanol–water partition coefficient (Wildman–Crippen LogP) is 17.8. The molecule has 2 heteroatoms. The van der Waals surface area contributed by atoms with Gasteiger partial charge in [0.2, 0.25) is 0 Å². The molecule has 0 unspecified atom stereocenters. The largest absolute Gasteiger partial charge is 0.310 e. The van der Waals surface area contributed by atoms with Crippen LogP contribution in [0.4, 0.5) is 17.1 Å². The van der Waals surface area contributed by atoms with E-state index in [0.717, 1.165) is 22.7 Å². The van der Waals surface area contributed by atoms with Gasteiger partial charge in [-0.25, -0.2) is 0 Å². The van der Waals surface area contributed by atoms with E-state index in [9.17, 15) is 0 Å². The van der Waals surface area contributed by atoms with Gasteiger partial charge in [-0.15, -0.1) is 0 Å². The lowest BCUT2D eigenvalue weighted by Gasteiger charge is -2.26. The second-order valence-corrected chi connectivity index (χ2v) is 17.5. The molecule has 12 aromatic rings. The van der Waals surface area contributed by atoms with Crippen LogP contribution in [-0.2, 0) is 0 Å². The van der Waals surface area contributed by atoms with Crippen LogP contribution in [0, 0.1) is 13.8 Å². The standard InChI is InChI=1S/C64H46N2/c1-43-14-12-18-52(40-43)65(53-19-13-15-44(2)41-53)54-38-39-62-60(42-54)55-20-10-11-25-61(55)66(62)51-36-34-50(35-37-51)64-58-23-8-6-21-56(58)63(57-22-7-9-24-59(57)64)49-32-30-48(31-33-49)47-28-26-46(27-29-47)45-16-4-3-5-17-45/h3-42H,1-2H3. The van der Waals surface area contributed by atoms with Crippen molar-refractivity contribution >= 4 is 60.4 Å². The highest BCUT2D eigenvalue weighted by molar-refractivity contribution is 6.21. The Labute approximate surface area is 385 Å². The van der Waals surface area contributed by atoms with Gasteiger partial charge in [0.1, 0.15) is 0 Å². The molecule has 0 radical (unpaired) electrons. The van der Waals surface area contributed by atoms with Gasteiger partial charge >= 0.3 is 0 Å². The van der Waals surface area contributed by atoms with E-state index in [1.54, 1.807) is 0 Å². The summed E-state index contributed by atoms with van der Waals surface area (Å²) in [7, 11) is 0. The van der Waals surface area contributed by atoms with E-state index in [2.05, 4.69) is 266 Å². The molecule has 0 saturated heterocycles. The number of aryl methyl sites for hydroxylation is 2. The molecule has 0 bridgehead atoms. The summed E-state index contributed by atoms with van der Waals surface area (Å²) in [5.41, 5.74) is 19.2. The van der Waals surface area contributed by atoms with Crippen molar-refractivity contribution in [3.8, 4) is 50.2 Å². The summed E-state index contributed by atoms with van der Waals surface area (Å²) in [6, 6.07) is 88.9. The topological polar surface area (TPSA) is 8.17 Å². The van der Waals surface area contributed by atoms with Gasteiger partial charge in [0.25, 0.3) is 0 Å². The minimum absolute atomic E-state index is 1.13. The van der Waals surface area contributed by atoms with Crippen molar-refractivity contribution in [1.82, 2.24) is 4.57 Å². The third-order valence-corrected chi connectivity index (χ3v) is 13.3. The Kier molecular flexibility index (Phi) is 9.65. The van der Waals surface area contributed by atoms with Crippen LogP contribution in [0.2, 0.25) is 0 Å². The molecule has 12 rings (SSSR count). The molecule has 0 aliphatic heterocycles. The Bertz CT molecular complexity index is 3650. The van der Waals surface area contributed by atoms with E-state index in [0.29, 0.717) is 0 Å². The molecule has 1 aromatic heterocycles. The van der Waals surface area contributed by atoms with Gasteiger partial charge < -0.3 is 9.47 Å². The number of nitrogens with zero attached hydrogens (tertiary/aromatic N) is 2. The zero-order chi connectivity index (χ0) is 44.1. The van der Waals surface area contributed by atoms with Crippen molar-refractivity contribution < 1.29 is 0 Å². The molecule has 0 fully saturated rings. The lowest BCUT2D eigenvalue weighted by molar-refractivity contribution is 1.18. The number of rotatable bonds is 8. The zero-order valence-electron chi connectivity index (χ0n) is 37.0. The second-order valence-electron chi connectivity index (χ2n) is 17.5. The highest BCUT2D eigenvalue weighted by Gasteiger charge is 2.20. The first-order chi connectivity index (χ1) is 32.6. The normalized spacial score (nSPS) is 11.5. The summed E-state index contributed by atoms with van der Waals surface area (Å²) in [5, 5.41) is 7.44. The van der Waals surface area contributed by atoms with Gasteiger partial charge in [-0.3, -0.25) is 0 Å². The number of hydrogen-bond acceptors (Lipinski definition) is 1. The molecule has 2 nitrogen and oxygen atoms in total. The van der Waals surface area contributed by atoms with Crippen LogP contribution in [0.1, 0.15) is 11.1 Å². The van der Waals surface area contributed by atoms with Gasteiger partial charge in [0.15, 0.2) is 0 Å². The fourth-order valence-electron chi connectivity index (χ4n) is 10.2. The molecule has 0 atom stereocenters. The molecule has 11 aromatic carbocycles. The SMILES string of the molecule is Cc1cccc(N(c2cccc(C)c2)c2ccc3c(c2)c2ccccc2n3-c2ccc(-c3c4ccccc4c(-c4ccc(-c5ccc(-c6ccccc6)cc5)cc4)c4ccccc34)cc2)c1. The summed E-state index contributed by atoms with van der Waals surface area (Å²) >= 11 is 0. The average molecular weight is 843 g/mol. The first-order valence-electron chi connectivity index (χ1n) is 22.8. The number of fused-ring (bicyclic) bond motifs is 5. The Balaban J connectivity index is 0.936. The van der Waals surface area contributed by atoms with Crippen LogP contribution in [0.25, 0.3) is 93.5 Å². The highest BCUT2D eigenvalue weighted by atomic mass is 15.1. The van der Waals surface area contributed by atoms with Crippen molar-refractivity contribution in [3.05, 3.63) is 254 Å². The summed E-state index contributed by atoms with van der Waals surface area (Å²) in [6.45, 7) is 4.32. The molecular weight excluding hydrogens is 797 g/mol. The van der Waals surface area contributed by atoms with E-state index < -0.39 is 0 Å². The van der Waals surface area contributed by atoms with Crippen LogP contribution < -0.4 is 4.90 Å². The molecule has 312 valence electrons. The number of anilines is 3. The van der Waals surface area contributed by atoms with Crippen LogP contribution in [0.3, 0.4) is 0 Å². The van der Waals surface area contributed by atoms with Crippen molar-refractivity contribution in [1.29, 1.82) is 0 Å². The van der Waals surface area contributed by atoms with Gasteiger partial charge in [0.05, 0.1) is 11.0 Å². The quantitative estimate of drug-likeness (QED) is 0.138. The Morgan fingerprint density at radius 2 is 0.667 bits per heavy atom. The molecule has 0 saturated carbocycles. The lowest BCUT2D eigenvalue weighted by atomic mass is 9.85. The molecule has 1 heterocycles. The molecular formula is C64H46N2. The van der Waals surface area contributed by atoms with Crippen molar-refractivity contribution in [2.24, 2.45) is 0 Å². The Hall–Kier alpha value is -8.46. The third kappa shape index (κ3) is 6.83. The summed E-state index contributed by atoms with van der Waals surface area (Å²) in [6.07, 6.45) is 0. The van der Waals surface area contributed by atoms with Gasteiger partial charge in [-0.2, -0.15) is 0 Å². The first-order valence-corrected chi connectivity index (χ1v) is 22.8. The predicted molar refractivity (Wildman–Crippen MR) is 282 cm³/mol. The van der Waals surface area contributed by atoms with Crippen LogP contribution in [0.15, 0.2) is 243 Å². The van der Waals surface area contributed by atoms with Gasteiger partial charge in [-0.05, 0) is 152 Å². The van der Waals surface area contributed by atoms with E-state index in [-0.39, 0.29) is 0 Å². The summed E-state index contributed by atoms with van der Waals surface area (Å²) < 4.78 is 2.42. The lowest BCUT2D eigenvalue weighted by Crippen LogP contribution is -2.10. The van der Waals surface area contributed by atoms with Crippen LogP contribution >= 0.6 is 0 Å². The fraction of sp³-hybridized carbons (Fsp3) is 0.0312. The van der Waals surface area contributed by atoms with E-state index in [4.69, 9.17) is 0 Å². The molecule has 0 aliphatic carbocycles. The summed E-state index contributed by atoms with van der Waals surface area (Å²) in [5.74, 6) is 0. The maximum atomic E-state index is 2.42. The van der Waals surface area contributed by atoms with Crippen molar-refractivity contribution in [2.75, 3.05) is 4.90 Å². The summed E-state index contributed by atoms with van der Waals surface area (Å²) in [4.78, 5) is 2.38. The van der Waals surface area contributed by atoms with Crippen LogP contribution in [0.5, 0.6) is 0 Å². The fourth-order valence-corrected chi connectivity index (χ4v) is 10.2. The zero-order valence-corrected chi connectivity index (χ0v) is 37.0. The molecule has 0 N–H and O–H groups in total. The molecule has 0 aliphatic rings. The van der Waals surface area contributed by atoms with E-state index in [1.807, 2.05) is 0 Å². The highest BCUT2D eigenvalue weighted by Crippen LogP contribution is 2.45. The average Bonchev–Trinajstić information content (AvgIpc) is 3.70. The number of hydrogen-bond donors (Lipinski definition) is 0. The number of para-hydroxylation sites is 1. The Morgan fingerprint density at radius 1 is 0.273 bits per heavy atom.